The van der Waals surface area contributed by atoms with Gasteiger partial charge >= 0.3 is 0 Å². The van der Waals surface area contributed by atoms with E-state index in [1.165, 1.54) is 12.1 Å². The molecular formula is C15H15FN2O2. The number of hydrogen-bond donors (Lipinski definition) is 3. The summed E-state index contributed by atoms with van der Waals surface area (Å²) in [4.78, 5) is 11.9. The van der Waals surface area contributed by atoms with E-state index in [-0.39, 0.29) is 24.4 Å². The number of benzene rings is 2. The largest absolute Gasteiger partial charge is 0.398 e. The van der Waals surface area contributed by atoms with Gasteiger partial charge in [-0.1, -0.05) is 24.3 Å². The number of halogens is 1. The maximum absolute atomic E-state index is 13.1. The van der Waals surface area contributed by atoms with Gasteiger partial charge in [-0.2, -0.15) is 0 Å². The van der Waals surface area contributed by atoms with Crippen LogP contribution in [0.5, 0.6) is 0 Å². The monoisotopic (exact) mass is 274 g/mol. The molecule has 0 aromatic heterocycles. The summed E-state index contributed by atoms with van der Waals surface area (Å²) in [5.41, 5.74) is 7.60. The highest BCUT2D eigenvalue weighted by Gasteiger charge is 2.10. The molecule has 0 heterocycles. The molecule has 0 unspecified atom stereocenters. The third-order valence-electron chi connectivity index (χ3n) is 2.89. The lowest BCUT2D eigenvalue weighted by molar-refractivity contribution is 0.0951. The van der Waals surface area contributed by atoms with Gasteiger partial charge in [0.25, 0.3) is 5.91 Å². The molecule has 2 aromatic carbocycles. The SMILES string of the molecule is Nc1ccc(F)cc1C(=O)NCc1cccc(CO)c1. The van der Waals surface area contributed by atoms with E-state index in [1.807, 2.05) is 6.07 Å². The quantitative estimate of drug-likeness (QED) is 0.744. The van der Waals surface area contributed by atoms with Crippen molar-refractivity contribution in [2.75, 3.05) is 5.73 Å². The van der Waals surface area contributed by atoms with Crippen molar-refractivity contribution in [3.05, 3.63) is 65.0 Å². The second-order valence-electron chi connectivity index (χ2n) is 4.39. The van der Waals surface area contributed by atoms with Gasteiger partial charge in [-0.05, 0) is 29.3 Å². The molecule has 2 rings (SSSR count). The summed E-state index contributed by atoms with van der Waals surface area (Å²) >= 11 is 0. The Morgan fingerprint density at radius 3 is 2.70 bits per heavy atom. The highest BCUT2D eigenvalue weighted by Crippen LogP contribution is 2.13. The number of amides is 1. The summed E-state index contributed by atoms with van der Waals surface area (Å²) < 4.78 is 13.1. The first-order valence-corrected chi connectivity index (χ1v) is 6.12. The first-order valence-electron chi connectivity index (χ1n) is 6.12. The van der Waals surface area contributed by atoms with Gasteiger partial charge in [0.2, 0.25) is 0 Å². The molecule has 0 spiro atoms. The number of carbonyl (C=O) groups excluding carboxylic acids is 1. The Bertz CT molecular complexity index is 629. The number of nitrogen functional groups attached to an aromatic ring is 1. The normalized spacial score (nSPS) is 10.3. The van der Waals surface area contributed by atoms with Crippen LogP contribution in [0.15, 0.2) is 42.5 Å². The Hall–Kier alpha value is -2.40. The molecule has 0 saturated carbocycles. The standard InChI is InChI=1S/C15H15FN2O2/c16-12-4-5-14(17)13(7-12)15(20)18-8-10-2-1-3-11(6-10)9-19/h1-7,19H,8-9,17H2,(H,18,20). The molecule has 0 fully saturated rings. The second kappa shape index (κ2) is 6.16. The lowest BCUT2D eigenvalue weighted by Crippen LogP contribution is -2.24. The lowest BCUT2D eigenvalue weighted by atomic mass is 10.1. The first kappa shape index (κ1) is 14.0. The fourth-order valence-corrected chi connectivity index (χ4v) is 1.84. The Morgan fingerprint density at radius 1 is 1.20 bits per heavy atom. The molecule has 0 bridgehead atoms. The molecule has 4 nitrogen and oxygen atoms in total. The molecule has 4 N–H and O–H groups in total. The fraction of sp³-hybridized carbons (Fsp3) is 0.133. The molecule has 2 aromatic rings. The maximum atomic E-state index is 13.1. The highest BCUT2D eigenvalue weighted by molar-refractivity contribution is 5.99. The zero-order valence-corrected chi connectivity index (χ0v) is 10.8. The number of aliphatic hydroxyl groups excluding tert-OH is 1. The minimum Gasteiger partial charge on any atom is -0.398 e. The van der Waals surface area contributed by atoms with Gasteiger partial charge in [-0.15, -0.1) is 0 Å². The van der Waals surface area contributed by atoms with Crippen LogP contribution in [0.1, 0.15) is 21.5 Å². The molecule has 1 amide bonds. The molecule has 20 heavy (non-hydrogen) atoms. The van der Waals surface area contributed by atoms with Gasteiger partial charge in [0.1, 0.15) is 5.82 Å². The van der Waals surface area contributed by atoms with Crippen LogP contribution in [0.3, 0.4) is 0 Å². The zero-order valence-electron chi connectivity index (χ0n) is 10.8. The number of nitrogens with one attached hydrogen (secondary N) is 1. The molecule has 0 radical (unpaired) electrons. The van der Waals surface area contributed by atoms with Gasteiger partial charge in [-0.3, -0.25) is 4.79 Å². The summed E-state index contributed by atoms with van der Waals surface area (Å²) in [5.74, 6) is -0.942. The topological polar surface area (TPSA) is 75.4 Å². The second-order valence-corrected chi connectivity index (χ2v) is 4.39. The molecule has 0 aliphatic carbocycles. The van der Waals surface area contributed by atoms with Gasteiger partial charge < -0.3 is 16.2 Å². The van der Waals surface area contributed by atoms with Crippen LogP contribution in [0.4, 0.5) is 10.1 Å². The van der Waals surface area contributed by atoms with Crippen LogP contribution >= 0.6 is 0 Å². The molecule has 0 aliphatic rings. The first-order chi connectivity index (χ1) is 9.60. The summed E-state index contributed by atoms with van der Waals surface area (Å²) in [5, 5.41) is 11.7. The van der Waals surface area contributed by atoms with Crippen molar-refractivity contribution in [2.24, 2.45) is 0 Å². The third-order valence-corrected chi connectivity index (χ3v) is 2.89. The number of rotatable bonds is 4. The minimum absolute atomic E-state index is 0.0569. The van der Waals surface area contributed by atoms with Crippen LogP contribution in [-0.4, -0.2) is 11.0 Å². The fourth-order valence-electron chi connectivity index (χ4n) is 1.84. The summed E-state index contributed by atoms with van der Waals surface area (Å²) in [6, 6.07) is 10.9. The lowest BCUT2D eigenvalue weighted by Gasteiger charge is -2.08. The number of anilines is 1. The van der Waals surface area contributed by atoms with Crippen molar-refractivity contribution < 1.29 is 14.3 Å². The van der Waals surface area contributed by atoms with Crippen LogP contribution < -0.4 is 11.1 Å². The Kier molecular flexibility index (Phi) is 4.32. The summed E-state index contributed by atoms with van der Waals surface area (Å²) in [6.07, 6.45) is 0. The van der Waals surface area contributed by atoms with Crippen LogP contribution in [0.25, 0.3) is 0 Å². The maximum Gasteiger partial charge on any atom is 0.253 e. The Labute approximate surface area is 116 Å². The van der Waals surface area contributed by atoms with E-state index in [0.717, 1.165) is 17.2 Å². The van der Waals surface area contributed by atoms with Gasteiger partial charge in [0, 0.05) is 12.2 Å². The van der Waals surface area contributed by atoms with Crippen LogP contribution in [0.2, 0.25) is 0 Å². The van der Waals surface area contributed by atoms with Crippen molar-refractivity contribution in [1.29, 1.82) is 0 Å². The molecule has 0 aliphatic heterocycles. The zero-order chi connectivity index (χ0) is 14.5. The summed E-state index contributed by atoms with van der Waals surface area (Å²) in [7, 11) is 0. The number of carbonyl (C=O) groups is 1. The molecule has 0 atom stereocenters. The van der Waals surface area contributed by atoms with E-state index >= 15 is 0 Å². The molecule has 104 valence electrons. The smallest absolute Gasteiger partial charge is 0.253 e. The number of hydrogen-bond acceptors (Lipinski definition) is 3. The average Bonchev–Trinajstić information content (AvgIpc) is 2.47. The van der Waals surface area contributed by atoms with Crippen molar-refractivity contribution in [1.82, 2.24) is 5.32 Å². The van der Waals surface area contributed by atoms with Gasteiger partial charge in [0.05, 0.1) is 12.2 Å². The van der Waals surface area contributed by atoms with E-state index < -0.39 is 11.7 Å². The van der Waals surface area contributed by atoms with Crippen molar-refractivity contribution in [3.63, 3.8) is 0 Å². The van der Waals surface area contributed by atoms with E-state index in [2.05, 4.69) is 5.32 Å². The number of nitrogens with two attached hydrogens (primary N) is 1. The predicted molar refractivity (Wildman–Crippen MR) is 74.3 cm³/mol. The molecule has 5 heteroatoms. The van der Waals surface area contributed by atoms with Crippen molar-refractivity contribution >= 4 is 11.6 Å². The Balaban J connectivity index is 2.06. The minimum atomic E-state index is -0.508. The summed E-state index contributed by atoms with van der Waals surface area (Å²) in [6.45, 7) is 0.223. The van der Waals surface area contributed by atoms with E-state index in [0.29, 0.717) is 0 Å². The average molecular weight is 274 g/mol. The Morgan fingerprint density at radius 2 is 1.95 bits per heavy atom. The van der Waals surface area contributed by atoms with E-state index in [4.69, 9.17) is 10.8 Å². The number of aliphatic hydroxyl groups is 1. The highest BCUT2D eigenvalue weighted by atomic mass is 19.1. The third kappa shape index (κ3) is 3.33. The van der Waals surface area contributed by atoms with Crippen LogP contribution in [0, 0.1) is 5.82 Å². The van der Waals surface area contributed by atoms with Gasteiger partial charge in [-0.25, -0.2) is 4.39 Å². The molecular weight excluding hydrogens is 259 g/mol. The molecule has 0 saturated heterocycles. The van der Waals surface area contributed by atoms with Crippen LogP contribution in [-0.2, 0) is 13.2 Å². The van der Waals surface area contributed by atoms with E-state index in [1.54, 1.807) is 18.2 Å². The predicted octanol–water partition coefficient (Wildman–Crippen LogP) is 1.83. The van der Waals surface area contributed by atoms with Crippen molar-refractivity contribution in [3.8, 4) is 0 Å². The van der Waals surface area contributed by atoms with Crippen molar-refractivity contribution in [2.45, 2.75) is 13.2 Å². The van der Waals surface area contributed by atoms with Gasteiger partial charge in [0.15, 0.2) is 0 Å². The van der Waals surface area contributed by atoms with E-state index in [9.17, 15) is 9.18 Å².